The monoisotopic (exact) mass is 1170 g/mol. The van der Waals surface area contributed by atoms with E-state index in [0.717, 1.165) is 12.8 Å². The number of carboxylic acids is 1. The van der Waals surface area contributed by atoms with Crippen LogP contribution in [0.15, 0.2) is 170 Å². The van der Waals surface area contributed by atoms with Crippen molar-refractivity contribution in [2.45, 2.75) is 203 Å². The number of rotatable bonds is 47. The van der Waals surface area contributed by atoms with E-state index in [-0.39, 0.29) is 87.9 Å². The highest BCUT2D eigenvalue weighted by Crippen LogP contribution is 2.20. The van der Waals surface area contributed by atoms with Gasteiger partial charge in [-0.3, -0.25) is 4.79 Å². The van der Waals surface area contributed by atoms with Gasteiger partial charge >= 0.3 is 5.97 Å². The van der Waals surface area contributed by atoms with Crippen molar-refractivity contribution in [3.8, 4) is 0 Å². The molecule has 468 valence electrons. The van der Waals surface area contributed by atoms with Gasteiger partial charge in [-0.05, 0) is 90.5 Å². The molecule has 0 amide bonds. The van der Waals surface area contributed by atoms with E-state index in [4.69, 9.17) is 10.8 Å². The Bertz CT molecular complexity index is 2150. The molecule has 0 aromatic heterocycles. The number of ketones is 1. The molecule has 0 aromatic carbocycles. The van der Waals surface area contributed by atoms with Crippen molar-refractivity contribution in [1.29, 1.82) is 0 Å². The Morgan fingerprint density at radius 3 is 1.43 bits per heavy atom. The van der Waals surface area contributed by atoms with Gasteiger partial charge in [-0.2, -0.15) is 0 Å². The van der Waals surface area contributed by atoms with Crippen LogP contribution in [-0.2, 0) is 9.59 Å². The molecule has 0 aromatic rings. The highest BCUT2D eigenvalue weighted by Gasteiger charge is 2.26. The molecule has 0 bridgehead atoms. The first kappa shape index (κ1) is 77.9. The first-order valence-electron chi connectivity index (χ1n) is 29.1. The van der Waals surface area contributed by atoms with Crippen LogP contribution in [0.2, 0.25) is 0 Å². The molecule has 16 unspecified atom stereocenters. The molecule has 83 heavy (non-hydrogen) atoms. The van der Waals surface area contributed by atoms with Crippen LogP contribution in [0.5, 0.6) is 0 Å². The highest BCUT2D eigenvalue weighted by atomic mass is 16.4. The fraction of sp³-hybridized carbons (Fsp3) is 0.545. The molecule has 0 saturated heterocycles. The van der Waals surface area contributed by atoms with Crippen LogP contribution in [-0.4, -0.2) is 169 Å². The molecule has 16 N–H and O–H groups in total. The number of Topliss-reactive ketones (excluding diaryl/α,β-unsaturated/α-hetero) is 1. The third-order valence-electron chi connectivity index (χ3n) is 13.4. The Morgan fingerprint density at radius 1 is 0.434 bits per heavy atom. The van der Waals surface area contributed by atoms with Crippen molar-refractivity contribution < 1.29 is 81.1 Å². The minimum absolute atomic E-state index is 0.0526. The lowest BCUT2D eigenvalue weighted by Gasteiger charge is -2.25. The Morgan fingerprint density at radius 2 is 0.880 bits per heavy atom. The van der Waals surface area contributed by atoms with Gasteiger partial charge < -0.3 is 77.2 Å². The molecule has 0 radical (unpaired) electrons. The second-order valence-corrected chi connectivity index (χ2v) is 21.3. The minimum atomic E-state index is -1.21. The summed E-state index contributed by atoms with van der Waals surface area (Å²) in [5.41, 5.74) is 5.69. The number of aliphatic carboxylic acids is 1. The van der Waals surface area contributed by atoms with Gasteiger partial charge in [-0.25, -0.2) is 4.79 Å². The summed E-state index contributed by atoms with van der Waals surface area (Å²) in [7, 11) is 0. The highest BCUT2D eigenvalue weighted by molar-refractivity contribution is 5.86. The summed E-state index contributed by atoms with van der Waals surface area (Å²) in [4.78, 5) is 23.6. The zero-order valence-corrected chi connectivity index (χ0v) is 49.3. The van der Waals surface area contributed by atoms with Crippen molar-refractivity contribution >= 4 is 11.8 Å². The molecular formula is C66H103NO16. The molecule has 17 nitrogen and oxygen atoms in total. The van der Waals surface area contributed by atoms with Crippen LogP contribution < -0.4 is 5.73 Å². The molecule has 17 heteroatoms. The Hall–Kier alpha value is -5.06. The number of aliphatic hydroxyl groups is 13. The number of hydrogen-bond donors (Lipinski definition) is 15. The lowest BCUT2D eigenvalue weighted by molar-refractivity contribution is -0.132. The van der Waals surface area contributed by atoms with Gasteiger partial charge in [0, 0.05) is 42.6 Å². The van der Waals surface area contributed by atoms with Gasteiger partial charge in [0.25, 0.3) is 0 Å². The molecule has 0 aliphatic rings. The standard InChI is InChI=1S/C66H103NO16/c1-48(29-21-17-13-9-6-5-7-10-14-18-22-30-49(2)66(82)83)65(81)51(4)63(79)39-24-20-16-12-8-11-15-19-23-38-62(78)50(3)64(80)47-61(77)46-60(76)44-56(72)36-27-35-55(71)43-59(75)45-58(74)42-54(70)34-26-32-52(68)31-25-33-53(69)41-57(73)37-28-40-67/h5-12,14-16,18-27,29-31,34,36,39,48,50-63,65,68-79,81H,13,17,28,32-33,35,37-38,40-47,67H2,1-4H3,(H,82,83)/b7-5+,9-6+,12-8?,14-10+,15-11+,20-16?,22-18+,23-19+,29-21+,31-25+,34-26+,36-27+,39-24+,49-30+. The van der Waals surface area contributed by atoms with Crippen LogP contribution in [0.3, 0.4) is 0 Å². The average Bonchev–Trinajstić information content (AvgIpc) is 3.42. The third-order valence-corrected chi connectivity index (χ3v) is 13.4. The fourth-order valence-electron chi connectivity index (χ4n) is 8.18. The Balaban J connectivity index is 4.51. The molecule has 0 rings (SSSR count). The molecule has 16 atom stereocenters. The maximum Gasteiger partial charge on any atom is 0.331 e. The first-order chi connectivity index (χ1) is 39.5. The second-order valence-electron chi connectivity index (χ2n) is 21.3. The van der Waals surface area contributed by atoms with Crippen LogP contribution in [0.4, 0.5) is 0 Å². The van der Waals surface area contributed by atoms with Crippen molar-refractivity contribution in [3.05, 3.63) is 170 Å². The summed E-state index contributed by atoms with van der Waals surface area (Å²) in [5.74, 6) is -2.66. The predicted octanol–water partition coefficient (Wildman–Crippen LogP) is 6.23. The number of unbranched alkanes of at least 4 members (excludes halogenated alkanes) is 1. The molecular weight excluding hydrogens is 1060 g/mol. The van der Waals surface area contributed by atoms with Crippen molar-refractivity contribution in [1.82, 2.24) is 0 Å². The number of allylic oxidation sites excluding steroid dienone is 18. The summed E-state index contributed by atoms with van der Waals surface area (Å²) in [6.45, 7) is 7.27. The number of nitrogens with two attached hydrogens (primary N) is 1. The van der Waals surface area contributed by atoms with E-state index in [2.05, 4.69) is 0 Å². The van der Waals surface area contributed by atoms with E-state index in [9.17, 15) is 76.0 Å². The third kappa shape index (κ3) is 44.1. The maximum absolute atomic E-state index is 12.8. The van der Waals surface area contributed by atoms with E-state index < -0.39 is 97.2 Å². The lowest BCUT2D eigenvalue weighted by atomic mass is 9.88. The molecule has 0 fully saturated rings. The summed E-state index contributed by atoms with van der Waals surface area (Å²) >= 11 is 0. The quantitative estimate of drug-likeness (QED) is 0.0139. The zero-order chi connectivity index (χ0) is 62.4. The predicted molar refractivity (Wildman–Crippen MR) is 329 cm³/mol. The topological polar surface area (TPSA) is 343 Å². The van der Waals surface area contributed by atoms with Crippen LogP contribution in [0.25, 0.3) is 0 Å². The van der Waals surface area contributed by atoms with Gasteiger partial charge in [0.05, 0.1) is 79.4 Å². The first-order valence-corrected chi connectivity index (χ1v) is 29.1. The van der Waals surface area contributed by atoms with Gasteiger partial charge in [-0.1, -0.05) is 185 Å². The number of carboxylic acid groups (broad SMARTS) is 1. The van der Waals surface area contributed by atoms with E-state index in [1.165, 1.54) is 37.3 Å². The SMILES string of the molecule is C\C(=C/C=C/C=C/C=C/C=C/CC/C=C/C(C)C(O)C(C)C(O)/C=C/C=CC=C/C=C/C=C/CC(O)C(C)C(=O)CC(O)CC(O)CC(O)/C=C/CC(O)CC(O)CC(O)CC(O)/C=C/CC(O)/C=C/CC(O)CC(O)CCCN)C(=O)O. The minimum Gasteiger partial charge on any atom is -0.478 e. The molecule has 0 heterocycles. The average molecular weight is 1170 g/mol. The molecule has 0 aliphatic heterocycles. The van der Waals surface area contributed by atoms with Crippen molar-refractivity contribution in [3.63, 3.8) is 0 Å². The zero-order valence-electron chi connectivity index (χ0n) is 49.3. The van der Waals surface area contributed by atoms with E-state index in [0.29, 0.717) is 19.4 Å². The van der Waals surface area contributed by atoms with Gasteiger partial charge in [0.1, 0.15) is 5.78 Å². The lowest BCUT2D eigenvalue weighted by Crippen LogP contribution is -2.32. The van der Waals surface area contributed by atoms with E-state index >= 15 is 0 Å². The summed E-state index contributed by atoms with van der Waals surface area (Å²) in [5, 5.41) is 144. The second kappa shape index (κ2) is 49.2. The number of carbonyl (C=O) groups excluding carboxylic acids is 1. The van der Waals surface area contributed by atoms with E-state index in [1.807, 2.05) is 55.5 Å². The molecule has 0 aliphatic carbocycles. The molecule has 0 spiro atoms. The Kier molecular flexibility index (Phi) is 46.2. The normalized spacial score (nSPS) is 19.5. The number of aliphatic hydroxyl groups excluding tert-OH is 13. The fourth-order valence-corrected chi connectivity index (χ4v) is 8.18. The summed E-state index contributed by atoms with van der Waals surface area (Å²) in [6.07, 6.45) is 36.9. The van der Waals surface area contributed by atoms with Crippen molar-refractivity contribution in [2.75, 3.05) is 6.54 Å². The maximum atomic E-state index is 12.8. The number of carbonyl (C=O) groups is 2. The summed E-state index contributed by atoms with van der Waals surface area (Å²) < 4.78 is 0. The summed E-state index contributed by atoms with van der Waals surface area (Å²) in [6, 6.07) is 0. The van der Waals surface area contributed by atoms with Gasteiger partial charge in [-0.15, -0.1) is 0 Å². The van der Waals surface area contributed by atoms with Crippen molar-refractivity contribution in [2.24, 2.45) is 23.5 Å². The Labute approximate surface area is 494 Å². The van der Waals surface area contributed by atoms with Crippen LogP contribution >= 0.6 is 0 Å². The number of hydrogen-bond acceptors (Lipinski definition) is 16. The smallest absolute Gasteiger partial charge is 0.331 e. The van der Waals surface area contributed by atoms with Crippen LogP contribution in [0, 0.1) is 17.8 Å². The van der Waals surface area contributed by atoms with Crippen LogP contribution in [0.1, 0.15) is 124 Å². The molecule has 0 saturated carbocycles. The van der Waals surface area contributed by atoms with Gasteiger partial charge in [0.2, 0.25) is 0 Å². The van der Waals surface area contributed by atoms with E-state index in [1.54, 1.807) is 98.9 Å². The largest absolute Gasteiger partial charge is 0.478 e. The van der Waals surface area contributed by atoms with Gasteiger partial charge in [0.15, 0.2) is 0 Å².